The molecular weight excluding hydrogens is 548 g/mol. The maximum Gasteiger partial charge on any atom is 0.239 e. The van der Waals surface area contributed by atoms with Crippen molar-refractivity contribution in [1.29, 1.82) is 0 Å². The zero-order valence-corrected chi connectivity index (χ0v) is 23.8. The van der Waals surface area contributed by atoms with Crippen LogP contribution in [0.3, 0.4) is 0 Å². The van der Waals surface area contributed by atoms with Gasteiger partial charge in [-0.1, -0.05) is 60.7 Å². The summed E-state index contributed by atoms with van der Waals surface area (Å²) in [4.78, 5) is 57.2. The van der Waals surface area contributed by atoms with Gasteiger partial charge in [-0.05, 0) is 62.4 Å². The Labute approximate surface area is 264 Å². The number of nitrogens with two attached hydrogens (primary N) is 5. The van der Waals surface area contributed by atoms with Crippen molar-refractivity contribution in [2.24, 2.45) is 39.6 Å². The predicted molar refractivity (Wildman–Crippen MR) is 167 cm³/mol. The summed E-state index contributed by atoms with van der Waals surface area (Å²) >= 11 is 0. The van der Waals surface area contributed by atoms with Gasteiger partial charge < -0.3 is 39.3 Å². The number of hydrogen-bond donors (Lipinski definition) is 7. The molecule has 4 atom stereocenters. The second-order valence-electron chi connectivity index (χ2n) is 9.75. The summed E-state index contributed by atoms with van der Waals surface area (Å²) in [7, 11) is 0. The first-order chi connectivity index (χ1) is 23.5. The average molecular weight is 603 g/mol. The van der Waals surface area contributed by atoms with Gasteiger partial charge in [0.25, 0.3) is 0 Å². The first kappa shape index (κ1) is 24.2. The number of rotatable bonds is 20. The minimum Gasteiger partial charge on any atom is -0.370 e. The van der Waals surface area contributed by atoms with Gasteiger partial charge in [0.15, 0.2) is 11.7 Å². The maximum atomic E-state index is 13.9. The van der Waals surface area contributed by atoms with Crippen molar-refractivity contribution in [3.63, 3.8) is 0 Å². The molecule has 2 rings (SSSR count). The van der Waals surface area contributed by atoms with Gasteiger partial charge in [-0.2, -0.15) is 0 Å². The quantitative estimate of drug-likeness (QED) is 0.0618. The number of ketones is 1. The van der Waals surface area contributed by atoms with E-state index in [1.54, 1.807) is 60.7 Å². The predicted octanol–water partition coefficient (Wildman–Crippen LogP) is 0.0120. The van der Waals surface area contributed by atoms with Crippen LogP contribution in [0.15, 0.2) is 65.7 Å². The molecule has 234 valence electrons. The lowest BCUT2D eigenvalue weighted by atomic mass is 9.89. The van der Waals surface area contributed by atoms with Crippen LogP contribution >= 0.6 is 0 Å². The number of guanidine groups is 1. The zero-order chi connectivity index (χ0) is 38.8. The third-order valence-corrected chi connectivity index (χ3v) is 6.35. The van der Waals surface area contributed by atoms with Gasteiger partial charge in [0.2, 0.25) is 17.7 Å². The molecule has 0 bridgehead atoms. The van der Waals surface area contributed by atoms with Crippen LogP contribution in [0.1, 0.15) is 60.5 Å². The molecule has 0 aliphatic heterocycles. The fourth-order valence-electron chi connectivity index (χ4n) is 4.18. The van der Waals surface area contributed by atoms with Crippen molar-refractivity contribution >= 4 is 29.5 Å². The standard InChI is InChI=1S/C31H46N8O4/c32-16-8-7-14-26(28(34)41)39-29(42)23(18-21-10-3-1-4-11-21)20-27(40)25(15-9-17-37-31(35)36)38-30(43)24(33)19-22-12-5-2-6-13-22/h1-6,10-13,23-26H,7-9,14-20,32-33H2,(H2,34,41)(H,38,43)(H,39,42)(H4,35,36,37)/t23-,24+,25-,26+/m1/s1/i7D2,8D2,14D2,16D2. The van der Waals surface area contributed by atoms with Gasteiger partial charge in [-0.15, -0.1) is 0 Å². The van der Waals surface area contributed by atoms with E-state index < -0.39 is 79.6 Å². The summed E-state index contributed by atoms with van der Waals surface area (Å²) in [5.74, 6) is -5.56. The van der Waals surface area contributed by atoms with Crippen molar-refractivity contribution in [3.8, 4) is 0 Å². The molecular formula is C31H46N8O4. The lowest BCUT2D eigenvalue weighted by Gasteiger charge is -2.24. The summed E-state index contributed by atoms with van der Waals surface area (Å²) in [6, 6.07) is 12.5. The summed E-state index contributed by atoms with van der Waals surface area (Å²) in [5.41, 5.74) is 28.9. The highest BCUT2D eigenvalue weighted by Crippen LogP contribution is 2.17. The number of nitrogens with one attached hydrogen (secondary N) is 2. The molecule has 43 heavy (non-hydrogen) atoms. The van der Waals surface area contributed by atoms with E-state index in [-0.39, 0.29) is 38.2 Å². The maximum absolute atomic E-state index is 13.9. The highest BCUT2D eigenvalue weighted by Gasteiger charge is 2.30. The molecule has 0 aromatic heterocycles. The van der Waals surface area contributed by atoms with Crippen LogP contribution in [0, 0.1) is 5.92 Å². The van der Waals surface area contributed by atoms with Gasteiger partial charge in [0, 0.05) is 29.8 Å². The van der Waals surface area contributed by atoms with E-state index in [4.69, 9.17) is 39.6 Å². The molecule has 0 spiro atoms. The minimum absolute atomic E-state index is 0.0297. The molecule has 0 aliphatic rings. The molecule has 0 aliphatic carbocycles. The molecule has 3 amide bonds. The van der Waals surface area contributed by atoms with E-state index >= 15 is 0 Å². The molecule has 12 N–H and O–H groups in total. The molecule has 0 unspecified atom stereocenters. The Balaban J connectivity index is 2.44. The van der Waals surface area contributed by atoms with E-state index in [1.807, 2.05) is 5.32 Å². The Morgan fingerprint density at radius 2 is 1.40 bits per heavy atom. The summed E-state index contributed by atoms with van der Waals surface area (Å²) in [6.07, 6.45) is -11.5. The highest BCUT2D eigenvalue weighted by molar-refractivity contribution is 5.94. The summed E-state index contributed by atoms with van der Waals surface area (Å²) in [6.45, 7) is -3.32. The third kappa shape index (κ3) is 13.5. The molecule has 0 heterocycles. The van der Waals surface area contributed by atoms with Crippen molar-refractivity contribution in [2.45, 2.75) is 69.3 Å². The SMILES string of the molecule is [2H]C([2H])(N)C([2H])([2H])C([2H])([2H])C([2H])([2H])[C@H](NC(=O)[C@@H](CC(=O)[C@@H](CCCN=C(N)N)NC(=O)[C@@H](N)Cc1ccccc1)Cc1ccccc1)C(N)=O. The van der Waals surface area contributed by atoms with Gasteiger partial charge in [0.1, 0.15) is 6.04 Å². The number of carbonyl (C=O) groups excluding carboxylic acids is 4. The fraction of sp³-hybridized carbons (Fsp3) is 0.452. The number of aliphatic imine (C=N–C) groups is 1. The lowest BCUT2D eigenvalue weighted by Crippen LogP contribution is -2.51. The molecule has 2 aromatic rings. The van der Waals surface area contributed by atoms with Crippen LogP contribution in [0.25, 0.3) is 0 Å². The molecule has 2 aromatic carbocycles. The van der Waals surface area contributed by atoms with Crippen LogP contribution in [-0.4, -0.2) is 60.6 Å². The number of carbonyl (C=O) groups is 4. The van der Waals surface area contributed by atoms with Gasteiger partial charge in [-0.25, -0.2) is 0 Å². The van der Waals surface area contributed by atoms with Crippen LogP contribution in [0.5, 0.6) is 0 Å². The first-order valence-corrected chi connectivity index (χ1v) is 13.6. The van der Waals surface area contributed by atoms with Gasteiger partial charge >= 0.3 is 0 Å². The molecule has 0 fully saturated rings. The van der Waals surface area contributed by atoms with Crippen LogP contribution in [-0.2, 0) is 32.0 Å². The monoisotopic (exact) mass is 602 g/mol. The number of benzene rings is 2. The number of Topliss-reactive ketones (excluding diaryl/α,β-unsaturated/α-hetero) is 1. The minimum atomic E-state index is -3.83. The third-order valence-electron chi connectivity index (χ3n) is 6.35. The Morgan fingerprint density at radius 3 is 1.95 bits per heavy atom. The number of primary amides is 1. The van der Waals surface area contributed by atoms with Gasteiger partial charge in [-0.3, -0.25) is 24.2 Å². The van der Waals surface area contributed by atoms with Crippen LogP contribution < -0.4 is 39.3 Å². The number of hydrogen-bond acceptors (Lipinski definition) is 7. The number of amides is 3. The molecule has 0 saturated heterocycles. The van der Waals surface area contributed by atoms with E-state index in [0.717, 1.165) is 5.56 Å². The van der Waals surface area contributed by atoms with E-state index in [1.165, 1.54) is 0 Å². The van der Waals surface area contributed by atoms with E-state index in [0.29, 0.717) is 5.56 Å². The first-order valence-electron chi connectivity index (χ1n) is 17.6. The number of nitrogens with zero attached hydrogens (tertiary/aromatic N) is 1. The average Bonchev–Trinajstić information content (AvgIpc) is 3.04. The second-order valence-corrected chi connectivity index (χ2v) is 9.75. The Morgan fingerprint density at radius 1 is 0.814 bits per heavy atom. The Kier molecular flexibility index (Phi) is 10.7. The van der Waals surface area contributed by atoms with Crippen molar-refractivity contribution in [3.05, 3.63) is 71.8 Å². The summed E-state index contributed by atoms with van der Waals surface area (Å²) in [5, 5.41) is 4.68. The zero-order valence-electron chi connectivity index (χ0n) is 31.8. The molecule has 12 nitrogen and oxygen atoms in total. The topological polar surface area (TPSA) is 235 Å². The highest BCUT2D eigenvalue weighted by atomic mass is 16.2. The second kappa shape index (κ2) is 19.0. The van der Waals surface area contributed by atoms with Crippen molar-refractivity contribution in [2.75, 3.05) is 13.0 Å². The largest absolute Gasteiger partial charge is 0.370 e. The fourth-order valence-corrected chi connectivity index (χ4v) is 4.18. The Hall–Kier alpha value is -4.29. The molecule has 0 radical (unpaired) electrons. The van der Waals surface area contributed by atoms with Crippen LogP contribution in [0.2, 0.25) is 0 Å². The normalized spacial score (nSPS) is 17.7. The van der Waals surface area contributed by atoms with E-state index in [2.05, 4.69) is 10.3 Å². The van der Waals surface area contributed by atoms with Crippen LogP contribution in [0.4, 0.5) is 0 Å². The summed E-state index contributed by atoms with van der Waals surface area (Å²) < 4.78 is 64.2. The van der Waals surface area contributed by atoms with Gasteiger partial charge in [0.05, 0.1) is 12.1 Å². The lowest BCUT2D eigenvalue weighted by molar-refractivity contribution is -0.133. The van der Waals surface area contributed by atoms with E-state index in [9.17, 15) is 19.2 Å². The Bertz CT molecular complexity index is 1520. The molecule has 12 heteroatoms. The smallest absolute Gasteiger partial charge is 0.239 e. The van der Waals surface area contributed by atoms with Crippen molar-refractivity contribution < 1.29 is 30.1 Å². The van der Waals surface area contributed by atoms with Crippen molar-refractivity contribution in [1.82, 2.24) is 10.6 Å². The molecule has 0 saturated carbocycles.